The molecule has 0 aliphatic carbocycles. The molecule has 0 aromatic heterocycles. The SMILES string of the molecule is CCNC(=O)N1CCN(C(=O)CC(C)=O)CC1. The standard InChI is InChI=1S/C11H19N3O3/c1-3-12-11(17)14-6-4-13(5-7-14)10(16)8-9(2)15/h3-8H2,1-2H3,(H,12,17). The molecule has 1 heterocycles. The topological polar surface area (TPSA) is 69.7 Å². The van der Waals surface area contributed by atoms with Crippen LogP contribution in [0.2, 0.25) is 0 Å². The molecular weight excluding hydrogens is 222 g/mol. The largest absolute Gasteiger partial charge is 0.339 e. The number of carbonyl (C=O) groups excluding carboxylic acids is 3. The van der Waals surface area contributed by atoms with Gasteiger partial charge in [-0.2, -0.15) is 0 Å². The van der Waals surface area contributed by atoms with Crippen molar-refractivity contribution < 1.29 is 14.4 Å². The zero-order valence-corrected chi connectivity index (χ0v) is 10.4. The Morgan fingerprint density at radius 2 is 1.59 bits per heavy atom. The highest BCUT2D eigenvalue weighted by atomic mass is 16.2. The fraction of sp³-hybridized carbons (Fsp3) is 0.727. The Bertz CT molecular complexity index is 309. The van der Waals surface area contributed by atoms with E-state index in [2.05, 4.69) is 5.32 Å². The Hall–Kier alpha value is -1.59. The van der Waals surface area contributed by atoms with Gasteiger partial charge in [0.05, 0.1) is 6.42 Å². The van der Waals surface area contributed by atoms with E-state index in [9.17, 15) is 14.4 Å². The Labute approximate surface area is 101 Å². The molecular formula is C11H19N3O3. The summed E-state index contributed by atoms with van der Waals surface area (Å²) in [5.74, 6) is -0.269. The van der Waals surface area contributed by atoms with Crippen LogP contribution >= 0.6 is 0 Å². The molecule has 0 radical (unpaired) electrons. The molecule has 0 atom stereocenters. The van der Waals surface area contributed by atoms with Crippen LogP contribution in [0.5, 0.6) is 0 Å². The van der Waals surface area contributed by atoms with E-state index < -0.39 is 0 Å². The highest BCUT2D eigenvalue weighted by molar-refractivity contribution is 5.96. The number of rotatable bonds is 3. The normalized spacial score (nSPS) is 15.6. The van der Waals surface area contributed by atoms with Crippen molar-refractivity contribution in [2.45, 2.75) is 20.3 Å². The van der Waals surface area contributed by atoms with E-state index in [4.69, 9.17) is 0 Å². The lowest BCUT2D eigenvalue weighted by Gasteiger charge is -2.34. The van der Waals surface area contributed by atoms with Gasteiger partial charge in [0.25, 0.3) is 0 Å². The minimum atomic E-state index is -0.145. The summed E-state index contributed by atoms with van der Waals surface area (Å²) in [6, 6.07) is -0.0915. The number of amides is 3. The molecule has 1 rings (SSSR count). The molecule has 0 aromatic rings. The van der Waals surface area contributed by atoms with Gasteiger partial charge in [-0.1, -0.05) is 0 Å². The van der Waals surface area contributed by atoms with E-state index in [1.165, 1.54) is 6.92 Å². The van der Waals surface area contributed by atoms with Gasteiger partial charge in [0, 0.05) is 32.7 Å². The summed E-state index contributed by atoms with van der Waals surface area (Å²) < 4.78 is 0. The van der Waals surface area contributed by atoms with E-state index in [-0.39, 0.29) is 24.1 Å². The number of carbonyl (C=O) groups is 3. The van der Waals surface area contributed by atoms with E-state index in [1.807, 2.05) is 6.92 Å². The maximum atomic E-state index is 11.6. The molecule has 0 saturated carbocycles. The second-order valence-corrected chi connectivity index (χ2v) is 4.08. The summed E-state index contributed by atoms with van der Waals surface area (Å²) >= 11 is 0. The zero-order valence-electron chi connectivity index (χ0n) is 10.4. The molecule has 17 heavy (non-hydrogen) atoms. The number of ketones is 1. The van der Waals surface area contributed by atoms with Gasteiger partial charge in [0.1, 0.15) is 5.78 Å². The van der Waals surface area contributed by atoms with Gasteiger partial charge >= 0.3 is 6.03 Å². The summed E-state index contributed by atoms with van der Waals surface area (Å²) in [5.41, 5.74) is 0. The van der Waals surface area contributed by atoms with Gasteiger partial charge in [-0.05, 0) is 13.8 Å². The number of nitrogens with zero attached hydrogens (tertiary/aromatic N) is 2. The quantitative estimate of drug-likeness (QED) is 0.698. The molecule has 0 unspecified atom stereocenters. The molecule has 1 aliphatic heterocycles. The molecule has 1 N–H and O–H groups in total. The molecule has 6 nitrogen and oxygen atoms in total. The van der Waals surface area contributed by atoms with Crippen LogP contribution in [0.25, 0.3) is 0 Å². The highest BCUT2D eigenvalue weighted by Crippen LogP contribution is 2.04. The van der Waals surface area contributed by atoms with Crippen LogP contribution in [0.3, 0.4) is 0 Å². The maximum Gasteiger partial charge on any atom is 0.317 e. The Morgan fingerprint density at radius 1 is 1.06 bits per heavy atom. The Morgan fingerprint density at radius 3 is 2.06 bits per heavy atom. The van der Waals surface area contributed by atoms with Crippen LogP contribution in [0.1, 0.15) is 20.3 Å². The smallest absolute Gasteiger partial charge is 0.317 e. The Kier molecular flexibility index (Phi) is 4.93. The van der Waals surface area contributed by atoms with Gasteiger partial charge in [-0.25, -0.2) is 4.79 Å². The first-order chi connectivity index (χ1) is 8.04. The van der Waals surface area contributed by atoms with Crippen molar-refractivity contribution in [3.8, 4) is 0 Å². The van der Waals surface area contributed by atoms with Crippen molar-refractivity contribution in [3.05, 3.63) is 0 Å². The molecule has 0 bridgehead atoms. The predicted octanol–water partition coefficient (Wildman–Crippen LogP) is -0.161. The van der Waals surface area contributed by atoms with Crippen molar-refractivity contribution in [1.29, 1.82) is 0 Å². The molecule has 1 fully saturated rings. The third-order valence-corrected chi connectivity index (χ3v) is 2.65. The first-order valence-corrected chi connectivity index (χ1v) is 5.84. The second kappa shape index (κ2) is 6.22. The summed E-state index contributed by atoms with van der Waals surface area (Å²) in [6.45, 7) is 5.92. The third-order valence-electron chi connectivity index (χ3n) is 2.65. The monoisotopic (exact) mass is 241 g/mol. The average Bonchev–Trinajstić information content (AvgIpc) is 2.28. The average molecular weight is 241 g/mol. The zero-order chi connectivity index (χ0) is 12.8. The van der Waals surface area contributed by atoms with Crippen molar-refractivity contribution >= 4 is 17.7 Å². The lowest BCUT2D eigenvalue weighted by molar-refractivity contribution is -0.136. The number of urea groups is 1. The highest BCUT2D eigenvalue weighted by Gasteiger charge is 2.23. The van der Waals surface area contributed by atoms with Crippen LogP contribution in [-0.2, 0) is 9.59 Å². The first kappa shape index (κ1) is 13.5. The molecule has 3 amide bonds. The van der Waals surface area contributed by atoms with E-state index in [1.54, 1.807) is 9.80 Å². The van der Waals surface area contributed by atoms with Gasteiger partial charge in [0.15, 0.2) is 0 Å². The number of nitrogens with one attached hydrogen (secondary N) is 1. The van der Waals surface area contributed by atoms with Crippen molar-refractivity contribution in [3.63, 3.8) is 0 Å². The molecule has 0 spiro atoms. The fourth-order valence-electron chi connectivity index (χ4n) is 1.75. The van der Waals surface area contributed by atoms with E-state index >= 15 is 0 Å². The lowest BCUT2D eigenvalue weighted by Crippen LogP contribution is -2.53. The van der Waals surface area contributed by atoms with Crippen molar-refractivity contribution in [1.82, 2.24) is 15.1 Å². The van der Waals surface area contributed by atoms with Crippen molar-refractivity contribution in [2.24, 2.45) is 0 Å². The summed E-state index contributed by atoms with van der Waals surface area (Å²) in [4.78, 5) is 37.3. The number of piperazine rings is 1. The summed E-state index contributed by atoms with van der Waals surface area (Å²) in [7, 11) is 0. The maximum absolute atomic E-state index is 11.6. The van der Waals surface area contributed by atoms with Crippen molar-refractivity contribution in [2.75, 3.05) is 32.7 Å². The Balaban J connectivity index is 2.37. The summed E-state index contributed by atoms with van der Waals surface area (Å²) in [6.07, 6.45) is -0.0405. The van der Waals surface area contributed by atoms with Gasteiger partial charge in [-0.15, -0.1) is 0 Å². The number of Topliss-reactive ketones (excluding diaryl/α,β-unsaturated/α-hetero) is 1. The van der Waals surface area contributed by atoms with Crippen LogP contribution in [-0.4, -0.2) is 60.2 Å². The number of hydrogen-bond donors (Lipinski definition) is 1. The summed E-state index contributed by atoms with van der Waals surface area (Å²) in [5, 5.41) is 2.72. The molecule has 1 aliphatic rings. The molecule has 1 saturated heterocycles. The van der Waals surface area contributed by atoms with Crippen LogP contribution in [0, 0.1) is 0 Å². The third kappa shape index (κ3) is 4.05. The molecule has 96 valence electrons. The minimum absolute atomic E-state index is 0.0405. The van der Waals surface area contributed by atoms with Gasteiger partial charge < -0.3 is 15.1 Å². The van der Waals surface area contributed by atoms with Gasteiger partial charge in [-0.3, -0.25) is 9.59 Å². The predicted molar refractivity (Wildman–Crippen MR) is 62.5 cm³/mol. The minimum Gasteiger partial charge on any atom is -0.339 e. The number of hydrogen-bond acceptors (Lipinski definition) is 3. The van der Waals surface area contributed by atoms with Gasteiger partial charge in [0.2, 0.25) is 5.91 Å². The molecule has 6 heteroatoms. The molecule has 0 aromatic carbocycles. The lowest BCUT2D eigenvalue weighted by atomic mass is 10.2. The van der Waals surface area contributed by atoms with Crippen LogP contribution in [0.4, 0.5) is 4.79 Å². The fourth-order valence-corrected chi connectivity index (χ4v) is 1.75. The first-order valence-electron chi connectivity index (χ1n) is 5.84. The van der Waals surface area contributed by atoms with E-state index in [0.717, 1.165) is 0 Å². The van der Waals surface area contributed by atoms with Crippen LogP contribution in [0.15, 0.2) is 0 Å². The second-order valence-electron chi connectivity index (χ2n) is 4.08. The van der Waals surface area contributed by atoms with E-state index in [0.29, 0.717) is 32.7 Å². The van der Waals surface area contributed by atoms with Crippen LogP contribution < -0.4 is 5.32 Å².